The van der Waals surface area contributed by atoms with E-state index in [-0.39, 0.29) is 25.0 Å². The van der Waals surface area contributed by atoms with Crippen LogP contribution in [0.2, 0.25) is 0 Å². The highest BCUT2D eigenvalue weighted by Crippen LogP contribution is 2.43. The predicted molar refractivity (Wildman–Crippen MR) is 161 cm³/mol. The van der Waals surface area contributed by atoms with E-state index in [1.807, 2.05) is 26.0 Å². The summed E-state index contributed by atoms with van der Waals surface area (Å²) in [5.74, 6) is -0.0759. The lowest BCUT2D eigenvalue weighted by atomic mass is 10.1. The number of likely N-dealkylation sites (N-methyl/N-ethyl adjacent to an activating group) is 2. The van der Waals surface area contributed by atoms with Crippen LogP contribution in [0.3, 0.4) is 0 Å². The Kier molecular flexibility index (Phi) is 10.8. The molecule has 0 aliphatic carbocycles. The van der Waals surface area contributed by atoms with Gasteiger partial charge in [0.1, 0.15) is 13.2 Å². The number of rotatable bonds is 13. The lowest BCUT2D eigenvalue weighted by Crippen LogP contribution is -2.33. The number of ether oxygens (including phenoxy) is 2. The van der Waals surface area contributed by atoms with Gasteiger partial charge in [-0.3, -0.25) is 19.6 Å². The van der Waals surface area contributed by atoms with Gasteiger partial charge < -0.3 is 19.3 Å². The molecule has 0 N–H and O–H groups in total. The van der Waals surface area contributed by atoms with Crippen LogP contribution < -0.4 is 0 Å². The van der Waals surface area contributed by atoms with Crippen LogP contribution in [0.5, 0.6) is 0 Å². The molecule has 0 radical (unpaired) electrons. The van der Waals surface area contributed by atoms with Gasteiger partial charge in [-0.1, -0.05) is 45.9 Å². The van der Waals surface area contributed by atoms with E-state index >= 15 is 0 Å². The molecule has 0 fully saturated rings. The number of pyridine rings is 2. The van der Waals surface area contributed by atoms with Gasteiger partial charge in [0.15, 0.2) is 0 Å². The molecule has 8 nitrogen and oxygen atoms in total. The third-order valence-electron chi connectivity index (χ3n) is 6.59. The Morgan fingerprint density at radius 2 is 1.12 bits per heavy atom. The van der Waals surface area contributed by atoms with Crippen molar-refractivity contribution in [2.45, 2.75) is 36.7 Å². The fourth-order valence-electron chi connectivity index (χ4n) is 4.50. The van der Waals surface area contributed by atoms with Gasteiger partial charge in [0.25, 0.3) is 0 Å². The first-order valence-electron chi connectivity index (χ1n) is 13.1. The summed E-state index contributed by atoms with van der Waals surface area (Å²) in [4.78, 5) is 39.9. The molecule has 2 heterocycles. The third kappa shape index (κ3) is 6.93. The average molecular weight is 579 g/mol. The van der Waals surface area contributed by atoms with E-state index < -0.39 is 0 Å². The van der Waals surface area contributed by atoms with Crippen molar-refractivity contribution in [3.63, 3.8) is 0 Å². The fourth-order valence-corrected chi connectivity index (χ4v) is 6.76. The van der Waals surface area contributed by atoms with Crippen molar-refractivity contribution in [3.05, 3.63) is 72.1 Å². The summed E-state index contributed by atoms with van der Waals surface area (Å²) < 4.78 is 10.1. The summed E-state index contributed by atoms with van der Waals surface area (Å²) in [6.07, 6.45) is 3.59. The maximum atomic E-state index is 12.5. The molecule has 2 aromatic heterocycles. The number of methoxy groups -OCH3 is 2. The summed E-state index contributed by atoms with van der Waals surface area (Å²) in [5, 5.41) is 2.05. The SMILES string of the molecule is CCN(Cc1ccc(SSc2ccc(CN(CC)C(=O)COC)c3cccnc23)c2ncccc12)C(=O)COC. The number of carbonyl (C=O) groups excluding carboxylic acids is 2. The summed E-state index contributed by atoms with van der Waals surface area (Å²) in [5.41, 5.74) is 3.89. The first-order valence-corrected chi connectivity index (χ1v) is 15.3. The average Bonchev–Trinajstić information content (AvgIpc) is 2.98. The maximum absolute atomic E-state index is 12.5. The molecule has 0 aliphatic rings. The van der Waals surface area contributed by atoms with E-state index in [0.29, 0.717) is 26.2 Å². The van der Waals surface area contributed by atoms with Crippen LogP contribution in [0.25, 0.3) is 21.8 Å². The second-order valence-corrected chi connectivity index (χ2v) is 11.3. The lowest BCUT2D eigenvalue weighted by molar-refractivity contribution is -0.136. The smallest absolute Gasteiger partial charge is 0.248 e. The Balaban J connectivity index is 1.59. The number of hydrogen-bond acceptors (Lipinski definition) is 8. The lowest BCUT2D eigenvalue weighted by Gasteiger charge is -2.22. The molecular formula is C30H34N4O4S2. The summed E-state index contributed by atoms with van der Waals surface area (Å²) >= 11 is 0. The Labute approximate surface area is 242 Å². The Bertz CT molecular complexity index is 1370. The van der Waals surface area contributed by atoms with Gasteiger partial charge in [-0.25, -0.2) is 0 Å². The Morgan fingerprint density at radius 3 is 1.50 bits per heavy atom. The molecule has 0 atom stereocenters. The molecule has 4 rings (SSSR count). The number of nitrogens with zero attached hydrogens (tertiary/aromatic N) is 4. The first kappa shape index (κ1) is 29.8. The maximum Gasteiger partial charge on any atom is 0.248 e. The number of hydrogen-bond donors (Lipinski definition) is 0. The second-order valence-electron chi connectivity index (χ2n) is 9.09. The van der Waals surface area contributed by atoms with E-state index in [0.717, 1.165) is 42.7 Å². The quantitative estimate of drug-likeness (QED) is 0.190. The van der Waals surface area contributed by atoms with Crippen LogP contribution in [-0.4, -0.2) is 72.1 Å². The normalized spacial score (nSPS) is 11.2. The van der Waals surface area contributed by atoms with Gasteiger partial charge in [0.2, 0.25) is 11.8 Å². The van der Waals surface area contributed by atoms with Crippen LogP contribution >= 0.6 is 21.6 Å². The molecule has 2 amide bonds. The van der Waals surface area contributed by atoms with Crippen molar-refractivity contribution >= 4 is 55.2 Å². The van der Waals surface area contributed by atoms with Crippen LogP contribution in [0, 0.1) is 0 Å². The van der Waals surface area contributed by atoms with Crippen molar-refractivity contribution in [2.24, 2.45) is 0 Å². The van der Waals surface area contributed by atoms with Crippen LogP contribution in [0.15, 0.2) is 70.7 Å². The first-order chi connectivity index (χ1) is 19.5. The van der Waals surface area contributed by atoms with Crippen molar-refractivity contribution in [1.82, 2.24) is 19.8 Å². The van der Waals surface area contributed by atoms with Crippen LogP contribution in [0.1, 0.15) is 25.0 Å². The molecule has 40 heavy (non-hydrogen) atoms. The van der Waals surface area contributed by atoms with Gasteiger partial charge in [0, 0.05) is 73.4 Å². The zero-order chi connectivity index (χ0) is 28.5. The number of carbonyl (C=O) groups is 2. The van der Waals surface area contributed by atoms with Crippen molar-refractivity contribution < 1.29 is 19.1 Å². The molecule has 0 aliphatic heterocycles. The fraction of sp³-hybridized carbons (Fsp3) is 0.333. The van der Waals surface area contributed by atoms with Gasteiger partial charge in [-0.15, -0.1) is 0 Å². The molecule has 0 spiro atoms. The summed E-state index contributed by atoms with van der Waals surface area (Å²) in [6.45, 7) is 6.26. The Hall–Kier alpha value is -3.18. The topological polar surface area (TPSA) is 84.9 Å². The molecule has 0 bridgehead atoms. The van der Waals surface area contributed by atoms with Gasteiger partial charge in [-0.2, -0.15) is 0 Å². The molecule has 0 saturated heterocycles. The summed E-state index contributed by atoms with van der Waals surface area (Å²) in [6, 6.07) is 16.2. The van der Waals surface area contributed by atoms with Crippen molar-refractivity contribution in [3.8, 4) is 0 Å². The van der Waals surface area contributed by atoms with Gasteiger partial charge in [0.05, 0.1) is 11.0 Å². The third-order valence-corrected chi connectivity index (χ3v) is 9.02. The highest BCUT2D eigenvalue weighted by Gasteiger charge is 2.17. The second kappa shape index (κ2) is 14.5. The standard InChI is InChI=1S/C30H34N4O4S2/c1-5-33(27(35)19-37-3)17-21-11-13-25(29-23(21)9-7-15-31-29)39-40-26-14-12-22(24-10-8-16-32-30(24)26)18-34(6-2)28(36)20-38-4/h7-16H,5-6,17-20H2,1-4H3. The number of fused-ring (bicyclic) bond motifs is 2. The van der Waals surface area contributed by atoms with Crippen LogP contribution in [-0.2, 0) is 32.2 Å². The van der Waals surface area contributed by atoms with E-state index in [2.05, 4.69) is 36.4 Å². The molecule has 0 unspecified atom stereocenters. The minimum Gasteiger partial charge on any atom is -0.375 e. The predicted octanol–water partition coefficient (Wildman–Crippen LogP) is 5.57. The monoisotopic (exact) mass is 578 g/mol. The number of amides is 2. The van der Waals surface area contributed by atoms with E-state index in [1.165, 1.54) is 14.2 Å². The molecule has 210 valence electrons. The minimum atomic E-state index is -0.0380. The van der Waals surface area contributed by atoms with Crippen LogP contribution in [0.4, 0.5) is 0 Å². The Morgan fingerprint density at radius 1 is 0.700 bits per heavy atom. The molecule has 0 saturated carbocycles. The van der Waals surface area contributed by atoms with Gasteiger partial charge >= 0.3 is 0 Å². The zero-order valence-corrected chi connectivity index (χ0v) is 24.9. The van der Waals surface area contributed by atoms with Crippen molar-refractivity contribution in [1.29, 1.82) is 0 Å². The highest BCUT2D eigenvalue weighted by molar-refractivity contribution is 8.76. The largest absolute Gasteiger partial charge is 0.375 e. The molecule has 2 aromatic carbocycles. The highest BCUT2D eigenvalue weighted by atomic mass is 33.1. The van der Waals surface area contributed by atoms with E-state index in [9.17, 15) is 9.59 Å². The molecular weight excluding hydrogens is 544 g/mol. The molecule has 10 heteroatoms. The molecule has 4 aromatic rings. The zero-order valence-electron chi connectivity index (χ0n) is 23.3. The van der Waals surface area contributed by atoms with E-state index in [1.54, 1.807) is 43.8 Å². The van der Waals surface area contributed by atoms with Gasteiger partial charge in [-0.05, 0) is 49.2 Å². The number of benzene rings is 2. The minimum absolute atomic E-state index is 0.0380. The number of aromatic nitrogens is 2. The van der Waals surface area contributed by atoms with Crippen molar-refractivity contribution in [2.75, 3.05) is 40.5 Å². The van der Waals surface area contributed by atoms with E-state index in [4.69, 9.17) is 19.4 Å². The summed E-state index contributed by atoms with van der Waals surface area (Å²) in [7, 11) is 6.33.